The molecule has 1 rings (SSSR count). The smallest absolute Gasteiger partial charge is 0.134 e. The molecule has 1 aromatic carbocycles. The highest BCUT2D eigenvalue weighted by Crippen LogP contribution is 2.40. The second-order valence-corrected chi connectivity index (χ2v) is 6.22. The topological polar surface area (TPSA) is 66.5 Å². The Morgan fingerprint density at radius 1 is 1.38 bits per heavy atom. The van der Waals surface area contributed by atoms with Gasteiger partial charge in [0.05, 0.1) is 4.47 Å². The lowest BCUT2D eigenvalue weighted by molar-refractivity contribution is 0.131. The third kappa shape index (κ3) is 2.77. The molecule has 0 fully saturated rings. The average Bonchev–Trinajstić information content (AvgIpc) is 2.22. The molecular weight excluding hydrogens is 338 g/mol. The molecule has 4 N–H and O–H groups in total. The molecule has 0 spiro atoms. The van der Waals surface area contributed by atoms with Crippen molar-refractivity contribution in [2.45, 2.75) is 19.9 Å². The third-order valence-corrected chi connectivity index (χ3v) is 3.70. The van der Waals surface area contributed by atoms with Crippen molar-refractivity contribution in [3.8, 4) is 5.75 Å². The van der Waals surface area contributed by atoms with Gasteiger partial charge in [0.2, 0.25) is 0 Å². The molecule has 5 heteroatoms. The zero-order valence-corrected chi connectivity index (χ0v) is 12.3. The number of nitrogens with two attached hydrogens (primary N) is 1. The zero-order valence-electron chi connectivity index (χ0n) is 9.17. The summed E-state index contributed by atoms with van der Waals surface area (Å²) in [6.45, 7) is 3.66. The van der Waals surface area contributed by atoms with E-state index in [-0.39, 0.29) is 12.4 Å². The number of aliphatic hydroxyl groups is 1. The molecule has 0 aromatic heterocycles. The molecule has 0 bridgehead atoms. The van der Waals surface area contributed by atoms with Gasteiger partial charge in [-0.25, -0.2) is 0 Å². The molecule has 0 amide bonds. The van der Waals surface area contributed by atoms with Crippen LogP contribution in [0.3, 0.4) is 0 Å². The van der Waals surface area contributed by atoms with Gasteiger partial charge in [-0.1, -0.05) is 29.8 Å². The number of hydrogen-bond donors (Lipinski definition) is 3. The second-order valence-electron chi connectivity index (χ2n) is 4.45. The van der Waals surface area contributed by atoms with Crippen molar-refractivity contribution in [1.29, 1.82) is 0 Å². The number of benzene rings is 1. The maximum absolute atomic E-state index is 9.92. The first kappa shape index (κ1) is 14.0. The van der Waals surface area contributed by atoms with E-state index in [1.165, 1.54) is 0 Å². The van der Waals surface area contributed by atoms with E-state index in [1.807, 2.05) is 13.8 Å². The molecule has 3 nitrogen and oxygen atoms in total. The van der Waals surface area contributed by atoms with E-state index < -0.39 is 11.5 Å². The Morgan fingerprint density at radius 2 is 1.94 bits per heavy atom. The fourth-order valence-corrected chi connectivity index (χ4v) is 2.60. The fourth-order valence-electron chi connectivity index (χ4n) is 1.34. The van der Waals surface area contributed by atoms with Crippen LogP contribution in [-0.4, -0.2) is 16.8 Å². The van der Waals surface area contributed by atoms with Gasteiger partial charge in [-0.15, -0.1) is 0 Å². The van der Waals surface area contributed by atoms with E-state index in [9.17, 15) is 10.2 Å². The van der Waals surface area contributed by atoms with E-state index in [0.29, 0.717) is 10.0 Å². The molecule has 0 unspecified atom stereocenters. The van der Waals surface area contributed by atoms with Crippen LogP contribution in [0.15, 0.2) is 21.1 Å². The number of aliphatic hydroxyl groups excluding tert-OH is 1. The van der Waals surface area contributed by atoms with Gasteiger partial charge >= 0.3 is 0 Å². The molecule has 1 atom stereocenters. The van der Waals surface area contributed by atoms with Gasteiger partial charge in [-0.3, -0.25) is 0 Å². The Balaban J connectivity index is 3.23. The number of halogens is 2. The normalized spacial score (nSPS) is 13.9. The van der Waals surface area contributed by atoms with Crippen LogP contribution in [0.2, 0.25) is 0 Å². The molecule has 0 saturated heterocycles. The summed E-state index contributed by atoms with van der Waals surface area (Å²) in [6, 6.07) is 3.07. The third-order valence-electron chi connectivity index (χ3n) is 2.64. The summed E-state index contributed by atoms with van der Waals surface area (Å²) in [7, 11) is 0. The Morgan fingerprint density at radius 3 is 2.44 bits per heavy atom. The minimum absolute atomic E-state index is 0.0439. The summed E-state index contributed by atoms with van der Waals surface area (Å²) in [5.41, 5.74) is 6.18. The van der Waals surface area contributed by atoms with Crippen molar-refractivity contribution in [3.63, 3.8) is 0 Å². The molecule has 90 valence electrons. The molecular formula is C11H15Br2NO2. The summed E-state index contributed by atoms with van der Waals surface area (Å²) >= 11 is 6.60. The molecule has 0 aliphatic heterocycles. The predicted octanol–water partition coefficient (Wildman–Crippen LogP) is 2.94. The van der Waals surface area contributed by atoms with Crippen LogP contribution in [0.25, 0.3) is 0 Å². The highest BCUT2D eigenvalue weighted by molar-refractivity contribution is 9.11. The van der Waals surface area contributed by atoms with Gasteiger partial charge in [0.1, 0.15) is 5.75 Å². The van der Waals surface area contributed by atoms with Crippen molar-refractivity contribution in [3.05, 3.63) is 26.6 Å². The van der Waals surface area contributed by atoms with E-state index >= 15 is 0 Å². The molecule has 0 aliphatic rings. The first-order chi connectivity index (χ1) is 7.29. The van der Waals surface area contributed by atoms with Crippen LogP contribution in [0, 0.1) is 5.41 Å². The number of aromatic hydroxyl groups is 1. The maximum Gasteiger partial charge on any atom is 0.134 e. The van der Waals surface area contributed by atoms with Crippen molar-refractivity contribution in [1.82, 2.24) is 0 Å². The van der Waals surface area contributed by atoms with Crippen LogP contribution in [0.5, 0.6) is 5.75 Å². The highest BCUT2D eigenvalue weighted by Gasteiger charge is 2.29. The zero-order chi connectivity index (χ0) is 12.5. The Bertz CT molecular complexity index is 394. The molecule has 0 heterocycles. The van der Waals surface area contributed by atoms with Crippen LogP contribution in [-0.2, 0) is 0 Å². The van der Waals surface area contributed by atoms with Gasteiger partial charge < -0.3 is 15.9 Å². The van der Waals surface area contributed by atoms with Gasteiger partial charge in [-0.2, -0.15) is 0 Å². The summed E-state index contributed by atoms with van der Waals surface area (Å²) in [5.74, 6) is 0.122. The maximum atomic E-state index is 9.92. The molecule has 1 aromatic rings. The largest absolute Gasteiger partial charge is 0.506 e. The van der Waals surface area contributed by atoms with Crippen molar-refractivity contribution < 1.29 is 10.2 Å². The quantitative estimate of drug-likeness (QED) is 0.783. The van der Waals surface area contributed by atoms with E-state index in [1.54, 1.807) is 12.1 Å². The summed E-state index contributed by atoms with van der Waals surface area (Å²) < 4.78 is 1.41. The molecule has 0 saturated carbocycles. The number of phenols is 1. The molecule has 16 heavy (non-hydrogen) atoms. The standard InChI is InChI=1S/C11H15Br2NO2/c1-11(2,5-15)10(14)7-3-6(12)4-8(13)9(7)16/h3-4,10,15-16H,5,14H2,1-2H3/t10-/m0/s1. The average molecular weight is 353 g/mol. The van der Waals surface area contributed by atoms with Crippen molar-refractivity contribution in [2.24, 2.45) is 11.1 Å². The number of rotatable bonds is 3. The van der Waals surface area contributed by atoms with Crippen molar-refractivity contribution in [2.75, 3.05) is 6.61 Å². The Labute approximate surface area is 112 Å². The number of phenolic OH excluding ortho intramolecular Hbond substituents is 1. The van der Waals surface area contributed by atoms with Crippen molar-refractivity contribution >= 4 is 31.9 Å². The first-order valence-electron chi connectivity index (χ1n) is 4.84. The van der Waals surface area contributed by atoms with Crippen LogP contribution < -0.4 is 5.73 Å². The lowest BCUT2D eigenvalue weighted by Gasteiger charge is -2.30. The predicted molar refractivity (Wildman–Crippen MR) is 71.3 cm³/mol. The summed E-state index contributed by atoms with van der Waals surface area (Å²) in [5, 5.41) is 19.2. The van der Waals surface area contributed by atoms with E-state index in [4.69, 9.17) is 5.73 Å². The Kier molecular flexibility index (Phi) is 4.40. The summed E-state index contributed by atoms with van der Waals surface area (Å²) in [6.07, 6.45) is 0. The van der Waals surface area contributed by atoms with Crippen LogP contribution >= 0.6 is 31.9 Å². The minimum Gasteiger partial charge on any atom is -0.506 e. The summed E-state index contributed by atoms with van der Waals surface area (Å²) in [4.78, 5) is 0. The Hall–Kier alpha value is -0.100. The van der Waals surface area contributed by atoms with E-state index in [0.717, 1.165) is 4.47 Å². The second kappa shape index (κ2) is 5.04. The van der Waals surface area contributed by atoms with Gasteiger partial charge in [0.15, 0.2) is 0 Å². The lowest BCUT2D eigenvalue weighted by atomic mass is 9.81. The fraction of sp³-hybridized carbons (Fsp3) is 0.455. The molecule has 0 radical (unpaired) electrons. The molecule has 0 aliphatic carbocycles. The highest BCUT2D eigenvalue weighted by atomic mass is 79.9. The SMILES string of the molecule is CC(C)(CO)[C@@H](N)c1cc(Br)cc(Br)c1O. The van der Waals surface area contributed by atoms with E-state index in [2.05, 4.69) is 31.9 Å². The monoisotopic (exact) mass is 351 g/mol. The van der Waals surface area contributed by atoms with Crippen LogP contribution in [0.1, 0.15) is 25.5 Å². The van der Waals surface area contributed by atoms with Gasteiger partial charge in [0, 0.05) is 28.1 Å². The first-order valence-corrected chi connectivity index (χ1v) is 6.42. The lowest BCUT2D eigenvalue weighted by Crippen LogP contribution is -2.32. The van der Waals surface area contributed by atoms with Gasteiger partial charge in [-0.05, 0) is 28.1 Å². The number of hydrogen-bond acceptors (Lipinski definition) is 3. The van der Waals surface area contributed by atoms with Gasteiger partial charge in [0.25, 0.3) is 0 Å². The van der Waals surface area contributed by atoms with Crippen LogP contribution in [0.4, 0.5) is 0 Å². The minimum atomic E-state index is -0.488.